The van der Waals surface area contributed by atoms with E-state index in [0.717, 1.165) is 16.7 Å². The zero-order chi connectivity index (χ0) is 20.3. The standard InChI is InChI=1S/C20H17NO6S/c1-12(19(23)24)27-17-13(7-6-10-15(17)26-2)11-16-18(22)21(20(25)28-16)14-8-4-3-5-9-14/h3-12H,1-2H3,(H,23,24)/b16-11-/t12-/m0/s1. The summed E-state index contributed by atoms with van der Waals surface area (Å²) >= 11 is 0.805. The molecule has 7 nitrogen and oxygen atoms in total. The fourth-order valence-corrected chi connectivity index (χ4v) is 3.40. The maximum atomic E-state index is 12.8. The summed E-state index contributed by atoms with van der Waals surface area (Å²) in [7, 11) is 1.43. The number of carbonyl (C=O) groups is 3. The summed E-state index contributed by atoms with van der Waals surface area (Å²) in [6.45, 7) is 1.39. The van der Waals surface area contributed by atoms with E-state index in [-0.39, 0.29) is 10.7 Å². The number of nitrogens with zero attached hydrogens (tertiary/aromatic N) is 1. The van der Waals surface area contributed by atoms with Gasteiger partial charge < -0.3 is 14.6 Å². The van der Waals surface area contributed by atoms with Crippen molar-refractivity contribution in [1.82, 2.24) is 0 Å². The Morgan fingerprint density at radius 1 is 1.14 bits per heavy atom. The van der Waals surface area contributed by atoms with Gasteiger partial charge in [0.05, 0.1) is 17.7 Å². The lowest BCUT2D eigenvalue weighted by molar-refractivity contribution is -0.144. The highest BCUT2D eigenvalue weighted by atomic mass is 32.2. The minimum Gasteiger partial charge on any atom is -0.493 e. The Labute approximate surface area is 165 Å². The zero-order valence-corrected chi connectivity index (χ0v) is 15.9. The molecule has 0 aromatic heterocycles. The molecule has 1 aliphatic heterocycles. The number of thioether (sulfide) groups is 1. The van der Waals surface area contributed by atoms with E-state index in [4.69, 9.17) is 14.6 Å². The van der Waals surface area contributed by atoms with Crippen LogP contribution in [0.15, 0.2) is 53.4 Å². The molecule has 2 amide bonds. The number of methoxy groups -OCH3 is 1. The number of amides is 2. The summed E-state index contributed by atoms with van der Waals surface area (Å²) in [6.07, 6.45) is 0.378. The third-order valence-electron chi connectivity index (χ3n) is 3.97. The van der Waals surface area contributed by atoms with Gasteiger partial charge in [0, 0.05) is 5.56 Å². The predicted octanol–water partition coefficient (Wildman–Crippen LogP) is 3.79. The van der Waals surface area contributed by atoms with Crippen LogP contribution < -0.4 is 14.4 Å². The maximum Gasteiger partial charge on any atom is 0.344 e. The van der Waals surface area contributed by atoms with Crippen LogP contribution in [-0.4, -0.2) is 35.4 Å². The second-order valence-electron chi connectivity index (χ2n) is 5.83. The molecule has 1 atom stereocenters. The number of carbonyl (C=O) groups excluding carboxylic acids is 2. The molecule has 0 bridgehead atoms. The normalized spacial score (nSPS) is 16.4. The Morgan fingerprint density at radius 3 is 2.50 bits per heavy atom. The highest BCUT2D eigenvalue weighted by Gasteiger charge is 2.36. The Bertz CT molecular complexity index is 956. The molecule has 1 aliphatic rings. The number of hydrogen-bond acceptors (Lipinski definition) is 6. The highest BCUT2D eigenvalue weighted by Crippen LogP contribution is 2.39. The van der Waals surface area contributed by atoms with Crippen molar-refractivity contribution in [2.45, 2.75) is 13.0 Å². The number of imide groups is 1. The molecule has 8 heteroatoms. The molecule has 28 heavy (non-hydrogen) atoms. The lowest BCUT2D eigenvalue weighted by Gasteiger charge is -2.16. The summed E-state index contributed by atoms with van der Waals surface area (Å²) in [5, 5.41) is 8.72. The van der Waals surface area contributed by atoms with Crippen LogP contribution in [-0.2, 0) is 9.59 Å². The SMILES string of the molecule is COc1cccc(/C=C2\SC(=O)N(c3ccccc3)C2=O)c1O[C@@H](C)C(=O)O. The third-order valence-corrected chi connectivity index (χ3v) is 4.84. The molecule has 144 valence electrons. The first kappa shape index (κ1) is 19.5. The van der Waals surface area contributed by atoms with Gasteiger partial charge in [-0.05, 0) is 43.0 Å². The number of carboxylic acid groups (broad SMARTS) is 1. The number of rotatable bonds is 6. The molecular weight excluding hydrogens is 382 g/mol. The van der Waals surface area contributed by atoms with Gasteiger partial charge in [0.2, 0.25) is 0 Å². The Hall–Kier alpha value is -3.26. The summed E-state index contributed by atoms with van der Waals surface area (Å²) < 4.78 is 10.8. The lowest BCUT2D eigenvalue weighted by Crippen LogP contribution is -2.27. The van der Waals surface area contributed by atoms with Gasteiger partial charge in [-0.3, -0.25) is 9.59 Å². The van der Waals surface area contributed by atoms with E-state index >= 15 is 0 Å². The molecule has 1 N–H and O–H groups in total. The fourth-order valence-electron chi connectivity index (χ4n) is 2.57. The van der Waals surface area contributed by atoms with Crippen molar-refractivity contribution in [3.8, 4) is 11.5 Å². The van der Waals surface area contributed by atoms with E-state index in [9.17, 15) is 14.4 Å². The van der Waals surface area contributed by atoms with Crippen LogP contribution in [0, 0.1) is 0 Å². The minimum absolute atomic E-state index is 0.186. The summed E-state index contributed by atoms with van der Waals surface area (Å²) in [5.41, 5.74) is 0.918. The van der Waals surface area contributed by atoms with Crippen molar-refractivity contribution < 1.29 is 29.0 Å². The molecule has 0 spiro atoms. The lowest BCUT2D eigenvalue weighted by atomic mass is 10.1. The number of hydrogen-bond donors (Lipinski definition) is 1. The van der Waals surface area contributed by atoms with Gasteiger partial charge in [0.25, 0.3) is 11.1 Å². The van der Waals surface area contributed by atoms with E-state index in [0.29, 0.717) is 17.0 Å². The Kier molecular flexibility index (Phi) is 5.70. The average Bonchev–Trinajstić information content (AvgIpc) is 2.96. The highest BCUT2D eigenvalue weighted by molar-refractivity contribution is 8.19. The molecule has 0 radical (unpaired) electrons. The van der Waals surface area contributed by atoms with Gasteiger partial charge in [-0.15, -0.1) is 0 Å². The minimum atomic E-state index is -1.14. The molecule has 2 aromatic rings. The Balaban J connectivity index is 1.98. The van der Waals surface area contributed by atoms with Crippen molar-refractivity contribution in [2.75, 3.05) is 12.0 Å². The third kappa shape index (κ3) is 3.86. The van der Waals surface area contributed by atoms with Crippen molar-refractivity contribution in [3.05, 3.63) is 59.0 Å². The van der Waals surface area contributed by atoms with E-state index in [1.54, 1.807) is 48.5 Å². The van der Waals surface area contributed by atoms with Crippen LogP contribution in [0.5, 0.6) is 11.5 Å². The van der Waals surface area contributed by atoms with E-state index in [2.05, 4.69) is 0 Å². The summed E-state index contributed by atoms with van der Waals surface area (Å²) in [5.74, 6) is -1.09. The number of benzene rings is 2. The van der Waals surface area contributed by atoms with Crippen molar-refractivity contribution in [3.63, 3.8) is 0 Å². The molecule has 2 aromatic carbocycles. The van der Waals surface area contributed by atoms with E-state index < -0.39 is 23.2 Å². The smallest absolute Gasteiger partial charge is 0.344 e. The second kappa shape index (κ2) is 8.18. The monoisotopic (exact) mass is 399 g/mol. The first-order valence-corrected chi connectivity index (χ1v) is 9.13. The average molecular weight is 399 g/mol. The maximum absolute atomic E-state index is 12.8. The molecule has 1 fully saturated rings. The van der Waals surface area contributed by atoms with Crippen molar-refractivity contribution >= 4 is 40.6 Å². The molecule has 0 aliphatic carbocycles. The van der Waals surface area contributed by atoms with E-state index in [1.165, 1.54) is 20.1 Å². The van der Waals surface area contributed by atoms with Gasteiger partial charge in [-0.1, -0.05) is 30.3 Å². The summed E-state index contributed by atoms with van der Waals surface area (Å²) in [6, 6.07) is 13.6. The molecular formula is C20H17NO6S. The van der Waals surface area contributed by atoms with Gasteiger partial charge in [0.15, 0.2) is 17.6 Å². The molecule has 1 heterocycles. The van der Waals surface area contributed by atoms with Crippen LogP contribution in [0.4, 0.5) is 10.5 Å². The van der Waals surface area contributed by atoms with Crippen molar-refractivity contribution in [2.24, 2.45) is 0 Å². The van der Waals surface area contributed by atoms with Gasteiger partial charge in [0.1, 0.15) is 0 Å². The second-order valence-corrected chi connectivity index (χ2v) is 6.82. The molecule has 3 rings (SSSR count). The number of carboxylic acids is 1. The molecule has 1 saturated heterocycles. The Morgan fingerprint density at radius 2 is 1.86 bits per heavy atom. The van der Waals surface area contributed by atoms with Gasteiger partial charge in [-0.2, -0.15) is 0 Å². The largest absolute Gasteiger partial charge is 0.493 e. The first-order valence-electron chi connectivity index (χ1n) is 8.32. The van der Waals surface area contributed by atoms with Crippen LogP contribution in [0.2, 0.25) is 0 Å². The van der Waals surface area contributed by atoms with Crippen LogP contribution in [0.1, 0.15) is 12.5 Å². The fraction of sp³-hybridized carbons (Fsp3) is 0.150. The van der Waals surface area contributed by atoms with E-state index in [1.807, 2.05) is 0 Å². The topological polar surface area (TPSA) is 93.1 Å². The van der Waals surface area contributed by atoms with Gasteiger partial charge >= 0.3 is 5.97 Å². The van der Waals surface area contributed by atoms with Crippen LogP contribution >= 0.6 is 11.8 Å². The van der Waals surface area contributed by atoms with Crippen LogP contribution in [0.25, 0.3) is 6.08 Å². The molecule has 0 saturated carbocycles. The van der Waals surface area contributed by atoms with Crippen LogP contribution in [0.3, 0.4) is 0 Å². The number of para-hydroxylation sites is 2. The first-order chi connectivity index (χ1) is 13.4. The number of aliphatic carboxylic acids is 1. The zero-order valence-electron chi connectivity index (χ0n) is 15.1. The quantitative estimate of drug-likeness (QED) is 0.739. The number of ether oxygens (including phenoxy) is 2. The predicted molar refractivity (Wildman–Crippen MR) is 106 cm³/mol. The number of anilines is 1. The molecule has 0 unspecified atom stereocenters. The van der Waals surface area contributed by atoms with Gasteiger partial charge in [-0.25, -0.2) is 9.69 Å². The van der Waals surface area contributed by atoms with Crippen molar-refractivity contribution in [1.29, 1.82) is 0 Å². The summed E-state index contributed by atoms with van der Waals surface area (Å²) in [4.78, 5) is 37.6.